The van der Waals surface area contributed by atoms with Crippen LogP contribution in [0.25, 0.3) is 34.3 Å². The van der Waals surface area contributed by atoms with Gasteiger partial charge in [0.2, 0.25) is 5.89 Å². The first-order valence-corrected chi connectivity index (χ1v) is 12.4. The fraction of sp³-hybridized carbons (Fsp3) is 0.250. The molecule has 1 aliphatic rings. The van der Waals surface area contributed by atoms with Crippen molar-refractivity contribution in [1.29, 1.82) is 0 Å². The summed E-state index contributed by atoms with van der Waals surface area (Å²) >= 11 is 0. The predicted octanol–water partition coefficient (Wildman–Crippen LogP) is 5.07. The molecular formula is C24H25N5O3S. The normalized spacial score (nSPS) is 14.9. The second kappa shape index (κ2) is 8.68. The lowest BCUT2D eigenvalue weighted by molar-refractivity contribution is 0.448. The molecule has 2 aromatic heterocycles. The molecule has 170 valence electrons. The van der Waals surface area contributed by atoms with Gasteiger partial charge in [-0.1, -0.05) is 24.3 Å². The van der Waals surface area contributed by atoms with Crippen molar-refractivity contribution in [2.45, 2.75) is 29.9 Å². The number of benzene rings is 2. The number of hydrogen-bond donors (Lipinski definition) is 3. The van der Waals surface area contributed by atoms with Crippen molar-refractivity contribution in [2.24, 2.45) is 0 Å². The zero-order chi connectivity index (χ0) is 23.0. The van der Waals surface area contributed by atoms with Crippen LogP contribution in [0.5, 0.6) is 0 Å². The zero-order valence-corrected chi connectivity index (χ0v) is 19.2. The minimum Gasteiger partial charge on any atom is -0.415 e. The molecule has 2 aromatic carbocycles. The van der Waals surface area contributed by atoms with Crippen molar-refractivity contribution < 1.29 is 13.5 Å². The molecule has 0 unspecified atom stereocenters. The Morgan fingerprint density at radius 2 is 1.67 bits per heavy atom. The van der Waals surface area contributed by atoms with Gasteiger partial charge in [0.25, 0.3) is 5.89 Å². The molecule has 0 radical (unpaired) electrons. The Morgan fingerprint density at radius 1 is 0.939 bits per heavy atom. The third kappa shape index (κ3) is 4.28. The number of hydrogen-bond acceptors (Lipinski definition) is 8. The van der Waals surface area contributed by atoms with Crippen molar-refractivity contribution in [3.8, 4) is 34.3 Å². The van der Waals surface area contributed by atoms with Gasteiger partial charge < -0.3 is 9.73 Å². The van der Waals surface area contributed by atoms with Crippen molar-refractivity contribution >= 4 is 10.6 Å². The summed E-state index contributed by atoms with van der Waals surface area (Å²) in [6.45, 7) is 5.55. The van der Waals surface area contributed by atoms with Gasteiger partial charge in [-0.25, -0.2) is 4.98 Å². The Labute approximate surface area is 193 Å². The molecule has 1 saturated heterocycles. The number of rotatable bonds is 6. The van der Waals surface area contributed by atoms with Crippen LogP contribution >= 0.6 is 10.6 Å². The van der Waals surface area contributed by atoms with Crippen molar-refractivity contribution in [2.75, 3.05) is 13.1 Å². The molecule has 8 nitrogen and oxygen atoms in total. The number of nitrogens with one attached hydrogen (secondary N) is 1. The molecule has 3 N–H and O–H groups in total. The second-order valence-corrected chi connectivity index (χ2v) is 10.9. The first-order chi connectivity index (χ1) is 15.9. The van der Waals surface area contributed by atoms with Gasteiger partial charge in [0.05, 0.1) is 23.0 Å². The van der Waals surface area contributed by atoms with Crippen LogP contribution in [0.1, 0.15) is 25.3 Å². The fourth-order valence-corrected chi connectivity index (χ4v) is 4.68. The van der Waals surface area contributed by atoms with E-state index in [4.69, 9.17) is 4.42 Å². The molecule has 4 aromatic rings. The zero-order valence-electron chi connectivity index (χ0n) is 18.3. The van der Waals surface area contributed by atoms with E-state index in [-0.39, 0.29) is 5.25 Å². The van der Waals surface area contributed by atoms with Crippen molar-refractivity contribution in [1.82, 2.24) is 25.5 Å². The number of aromatic nitrogens is 4. The maximum absolute atomic E-state index is 10.4. The Balaban J connectivity index is 1.40. The summed E-state index contributed by atoms with van der Waals surface area (Å²) < 4.78 is 26.6. The Morgan fingerprint density at radius 3 is 2.36 bits per heavy atom. The summed E-state index contributed by atoms with van der Waals surface area (Å²) in [7, 11) is -2.83. The van der Waals surface area contributed by atoms with E-state index >= 15 is 0 Å². The minimum absolute atomic E-state index is 0.260. The lowest BCUT2D eigenvalue weighted by Crippen LogP contribution is -2.39. The summed E-state index contributed by atoms with van der Waals surface area (Å²) in [5.74, 6) is 1.25. The highest BCUT2D eigenvalue weighted by atomic mass is 32.3. The Kier molecular flexibility index (Phi) is 5.71. The van der Waals surface area contributed by atoms with E-state index in [9.17, 15) is 9.11 Å². The smallest absolute Gasteiger partial charge is 0.268 e. The Bertz CT molecular complexity index is 1270. The van der Waals surface area contributed by atoms with Gasteiger partial charge in [-0.05, 0) is 43.7 Å². The average molecular weight is 464 g/mol. The minimum atomic E-state index is -2.83. The summed E-state index contributed by atoms with van der Waals surface area (Å²) in [6, 6.07) is 15.2. The van der Waals surface area contributed by atoms with E-state index < -0.39 is 10.6 Å². The van der Waals surface area contributed by atoms with Gasteiger partial charge in [0, 0.05) is 35.4 Å². The van der Waals surface area contributed by atoms with Crippen LogP contribution in [0.3, 0.4) is 0 Å². The highest BCUT2D eigenvalue weighted by molar-refractivity contribution is 8.24. The van der Waals surface area contributed by atoms with Crippen LogP contribution in [0, 0.1) is 0 Å². The first kappa shape index (κ1) is 21.7. The summed E-state index contributed by atoms with van der Waals surface area (Å²) in [6.07, 6.45) is 3.23. The summed E-state index contributed by atoms with van der Waals surface area (Å²) in [4.78, 5) is 9.42. The largest absolute Gasteiger partial charge is 0.415 e. The predicted molar refractivity (Wildman–Crippen MR) is 128 cm³/mol. The average Bonchev–Trinajstić information content (AvgIpc) is 3.29. The van der Waals surface area contributed by atoms with Gasteiger partial charge >= 0.3 is 0 Å². The first-order valence-electron chi connectivity index (χ1n) is 10.8. The van der Waals surface area contributed by atoms with Crippen LogP contribution < -0.4 is 5.32 Å². The molecule has 9 heteroatoms. The van der Waals surface area contributed by atoms with Crippen LogP contribution in [0.15, 0.2) is 70.2 Å². The van der Waals surface area contributed by atoms with Crippen LogP contribution in [-0.2, 0) is 0 Å². The van der Waals surface area contributed by atoms with E-state index in [1.807, 2.05) is 12.1 Å². The van der Waals surface area contributed by atoms with Crippen LogP contribution in [0.2, 0.25) is 0 Å². The maximum Gasteiger partial charge on any atom is 0.268 e. The third-order valence-electron chi connectivity index (χ3n) is 5.82. The van der Waals surface area contributed by atoms with Gasteiger partial charge in [-0.2, -0.15) is 10.6 Å². The number of nitrogens with zero attached hydrogens (tertiary/aromatic N) is 4. The maximum atomic E-state index is 10.4. The van der Waals surface area contributed by atoms with Gasteiger partial charge in [-0.3, -0.25) is 14.1 Å². The Hall–Kier alpha value is -3.11. The molecule has 1 aliphatic heterocycles. The molecule has 0 bridgehead atoms. The highest BCUT2D eigenvalue weighted by Crippen LogP contribution is 2.52. The summed E-state index contributed by atoms with van der Waals surface area (Å²) in [5.41, 5.74) is 4.03. The van der Waals surface area contributed by atoms with Gasteiger partial charge in [0.15, 0.2) is 0 Å². The molecule has 0 saturated carbocycles. The van der Waals surface area contributed by atoms with Crippen molar-refractivity contribution in [3.05, 3.63) is 66.5 Å². The van der Waals surface area contributed by atoms with E-state index in [1.54, 1.807) is 50.5 Å². The third-order valence-corrected chi connectivity index (χ3v) is 8.10. The SMILES string of the molecule is CC(C)S(O)(O)c1ccc(-c2cncc(-c3nnc(-c4cccc(C5CNC5)c4)o3)n2)cc1. The lowest BCUT2D eigenvalue weighted by atomic mass is 9.92. The lowest BCUT2D eigenvalue weighted by Gasteiger charge is -2.36. The molecule has 33 heavy (non-hydrogen) atoms. The van der Waals surface area contributed by atoms with Gasteiger partial charge in [-0.15, -0.1) is 10.2 Å². The second-order valence-electron chi connectivity index (χ2n) is 8.35. The molecule has 0 amide bonds. The van der Waals surface area contributed by atoms with Crippen LogP contribution in [-0.4, -0.2) is 47.6 Å². The van der Waals surface area contributed by atoms with E-state index in [0.717, 1.165) is 24.2 Å². The quantitative estimate of drug-likeness (QED) is 0.363. The monoisotopic (exact) mass is 463 g/mol. The molecule has 0 aliphatic carbocycles. The summed E-state index contributed by atoms with van der Waals surface area (Å²) in [5, 5.41) is 11.4. The van der Waals surface area contributed by atoms with Crippen molar-refractivity contribution in [3.63, 3.8) is 0 Å². The molecule has 5 rings (SSSR count). The topological polar surface area (TPSA) is 117 Å². The standard InChI is InChI=1S/C24H25N5O3S/c1-15(2)33(30,31)20-8-6-16(7-9-20)21-13-26-14-22(27-21)24-29-28-23(32-24)18-5-3-4-17(10-18)19-11-25-12-19/h3-10,13-15,19,25,30-31H,11-12H2,1-2H3. The molecule has 3 heterocycles. The van der Waals surface area contributed by atoms with E-state index in [1.165, 1.54) is 5.56 Å². The van der Waals surface area contributed by atoms with E-state index in [2.05, 4.69) is 37.6 Å². The molecule has 1 fully saturated rings. The van der Waals surface area contributed by atoms with E-state index in [0.29, 0.717) is 34.0 Å². The molecule has 0 atom stereocenters. The fourth-order valence-electron chi connectivity index (χ4n) is 3.60. The van der Waals surface area contributed by atoms with Gasteiger partial charge in [0.1, 0.15) is 5.69 Å². The molecule has 0 spiro atoms. The highest BCUT2D eigenvalue weighted by Gasteiger charge is 2.21. The van der Waals surface area contributed by atoms with Crippen LogP contribution in [0.4, 0.5) is 0 Å². The molecular weight excluding hydrogens is 438 g/mol.